The molecule has 328 valence electrons. The number of carbonyl (C=O) groups excluding carboxylic acids is 2. The average Bonchev–Trinajstić information content (AvgIpc) is 4.04. The third-order valence-electron chi connectivity index (χ3n) is 13.1. The Morgan fingerprint density at radius 3 is 2.42 bits per heavy atom. The molecule has 5 aliphatic heterocycles. The molecule has 15 heteroatoms. The Morgan fingerprint density at radius 1 is 0.952 bits per heavy atom. The number of amides is 2. The van der Waals surface area contributed by atoms with Crippen molar-refractivity contribution in [1.82, 2.24) is 29.7 Å². The number of terminal acetylenes is 1. The third-order valence-corrected chi connectivity index (χ3v) is 14.2. The molecule has 5 fully saturated rings. The molecular formula is C47H55F2N7O5S. The van der Waals surface area contributed by atoms with Crippen molar-refractivity contribution in [3.8, 4) is 29.5 Å². The summed E-state index contributed by atoms with van der Waals surface area (Å²) in [5.41, 5.74) is -0.476. The number of fused-ring (bicyclic) bond motifs is 5. The Kier molecular flexibility index (Phi) is 11.4. The smallest absolute Gasteiger partial charge is 0.410 e. The van der Waals surface area contributed by atoms with E-state index in [-0.39, 0.29) is 64.6 Å². The first-order valence-electron chi connectivity index (χ1n) is 22.1. The fourth-order valence-corrected chi connectivity index (χ4v) is 11.6. The lowest BCUT2D eigenvalue weighted by molar-refractivity contribution is 0.0122. The van der Waals surface area contributed by atoms with E-state index in [1.807, 2.05) is 39.5 Å². The van der Waals surface area contributed by atoms with Crippen molar-refractivity contribution < 1.29 is 32.6 Å². The van der Waals surface area contributed by atoms with Crippen LogP contribution >= 0.6 is 11.8 Å². The number of pyridine rings is 1. The number of thioether (sulfide) groups is 1. The molecule has 2 aromatic heterocycles. The van der Waals surface area contributed by atoms with E-state index in [4.69, 9.17) is 35.6 Å². The van der Waals surface area contributed by atoms with Crippen LogP contribution in [0.2, 0.25) is 0 Å². The Hall–Kier alpha value is -4.94. The van der Waals surface area contributed by atoms with Gasteiger partial charge in [-0.3, -0.25) is 9.80 Å². The highest BCUT2D eigenvalue weighted by molar-refractivity contribution is 7.99. The number of halogens is 2. The monoisotopic (exact) mass is 867 g/mol. The van der Waals surface area contributed by atoms with E-state index in [1.165, 1.54) is 17.8 Å². The Labute approximate surface area is 366 Å². The van der Waals surface area contributed by atoms with Crippen LogP contribution in [0.4, 0.5) is 24.2 Å². The van der Waals surface area contributed by atoms with E-state index in [0.717, 1.165) is 71.0 Å². The molecule has 9 rings (SSSR count). The number of likely N-dealkylation sites (tertiary alicyclic amines) is 1. The number of anilines is 1. The van der Waals surface area contributed by atoms with E-state index in [0.29, 0.717) is 58.1 Å². The molecular weight excluding hydrogens is 813 g/mol. The van der Waals surface area contributed by atoms with Crippen LogP contribution in [0.25, 0.3) is 32.9 Å². The van der Waals surface area contributed by atoms with Crippen molar-refractivity contribution in [2.24, 2.45) is 0 Å². The lowest BCUT2D eigenvalue weighted by Gasteiger charge is -2.42. The molecule has 0 N–H and O–H groups in total. The fourth-order valence-electron chi connectivity index (χ4n) is 10.4. The largest absolute Gasteiger partial charge is 0.474 e. The molecule has 12 nitrogen and oxygen atoms in total. The Bertz CT molecular complexity index is 2440. The standard InChI is InChI=1S/C47H55F2N7O5S/c1-7-33-35(48)17-14-29-12-10-13-34(36(29)33)39-38(49)40-37(42(50-39)60-28(2)3)41(54-24-30-15-16-31(25-54)56(30)45(58)61-46(4,5)6)52-43(51-40)62-27-47-19-11-23-55(47)32(18-20-47)26-59-44(57)53-21-8-9-22-53/h1,10,12-14,17,28,30-32H,8-9,11,15-16,18-27H2,2-6H3/t30?,31?,32-,47-/m1/s1. The lowest BCUT2D eigenvalue weighted by atomic mass is 9.96. The van der Waals surface area contributed by atoms with Crippen molar-refractivity contribution in [3.63, 3.8) is 0 Å². The van der Waals surface area contributed by atoms with Crippen LogP contribution < -0.4 is 9.64 Å². The summed E-state index contributed by atoms with van der Waals surface area (Å²) in [7, 11) is 0. The van der Waals surface area contributed by atoms with Gasteiger partial charge < -0.3 is 24.0 Å². The number of rotatable bonds is 9. The number of benzene rings is 2. The normalized spacial score (nSPS) is 23.7. The second kappa shape index (κ2) is 16.6. The fraction of sp³-hybridized carbons (Fsp3) is 0.553. The minimum absolute atomic E-state index is 0.0183. The highest BCUT2D eigenvalue weighted by atomic mass is 32.2. The van der Waals surface area contributed by atoms with Crippen LogP contribution in [0.5, 0.6) is 5.88 Å². The molecule has 4 aromatic rings. The summed E-state index contributed by atoms with van der Waals surface area (Å²) in [5, 5.41) is 1.75. The number of hydrogen-bond acceptors (Lipinski definition) is 11. The van der Waals surface area contributed by atoms with Gasteiger partial charge in [-0.1, -0.05) is 41.9 Å². The van der Waals surface area contributed by atoms with Crippen LogP contribution in [0.15, 0.2) is 35.5 Å². The van der Waals surface area contributed by atoms with Gasteiger partial charge in [-0.2, -0.15) is 0 Å². The number of hydrogen-bond donors (Lipinski definition) is 0. The van der Waals surface area contributed by atoms with Crippen LogP contribution in [-0.2, 0) is 9.47 Å². The molecule has 0 saturated carbocycles. The van der Waals surface area contributed by atoms with Crippen LogP contribution in [0, 0.1) is 24.0 Å². The van der Waals surface area contributed by atoms with Gasteiger partial charge in [0.25, 0.3) is 0 Å². The van der Waals surface area contributed by atoms with Gasteiger partial charge in [-0.05, 0) is 104 Å². The third kappa shape index (κ3) is 7.86. The summed E-state index contributed by atoms with van der Waals surface area (Å²) in [5.74, 6) is 2.50. The maximum absolute atomic E-state index is 17.7. The van der Waals surface area contributed by atoms with E-state index in [9.17, 15) is 9.59 Å². The summed E-state index contributed by atoms with van der Waals surface area (Å²) in [6.07, 6.45) is 12.4. The van der Waals surface area contributed by atoms with Gasteiger partial charge in [0, 0.05) is 54.5 Å². The lowest BCUT2D eigenvalue weighted by Crippen LogP contribution is -2.57. The minimum atomic E-state index is -0.696. The van der Waals surface area contributed by atoms with Crippen molar-refractivity contribution in [1.29, 1.82) is 0 Å². The molecule has 0 radical (unpaired) electrons. The predicted molar refractivity (Wildman–Crippen MR) is 236 cm³/mol. The van der Waals surface area contributed by atoms with Gasteiger partial charge in [-0.25, -0.2) is 33.3 Å². The first kappa shape index (κ1) is 42.4. The molecule has 4 atom stereocenters. The zero-order valence-electron chi connectivity index (χ0n) is 36.2. The van der Waals surface area contributed by atoms with Gasteiger partial charge in [0.05, 0.1) is 23.8 Å². The van der Waals surface area contributed by atoms with Crippen molar-refractivity contribution >= 4 is 51.4 Å². The second-order valence-corrected chi connectivity index (χ2v) is 19.7. The van der Waals surface area contributed by atoms with Gasteiger partial charge in [-0.15, -0.1) is 6.42 Å². The Morgan fingerprint density at radius 2 is 1.71 bits per heavy atom. The minimum Gasteiger partial charge on any atom is -0.474 e. The zero-order chi connectivity index (χ0) is 43.5. The van der Waals surface area contributed by atoms with Crippen LogP contribution in [0.3, 0.4) is 0 Å². The van der Waals surface area contributed by atoms with E-state index < -0.39 is 17.2 Å². The Balaban J connectivity index is 1.12. The zero-order valence-corrected chi connectivity index (χ0v) is 37.0. The first-order chi connectivity index (χ1) is 29.7. The summed E-state index contributed by atoms with van der Waals surface area (Å²) < 4.78 is 51.1. The number of piperazine rings is 1. The van der Waals surface area contributed by atoms with Crippen molar-refractivity contribution in [2.45, 2.75) is 127 Å². The number of aromatic nitrogens is 3. The van der Waals surface area contributed by atoms with Gasteiger partial charge >= 0.3 is 12.2 Å². The molecule has 7 heterocycles. The summed E-state index contributed by atoms with van der Waals surface area (Å²) in [6.45, 7) is 13.0. The number of nitrogens with zero attached hydrogens (tertiary/aromatic N) is 7. The molecule has 2 bridgehead atoms. The van der Waals surface area contributed by atoms with Crippen molar-refractivity contribution in [2.75, 3.05) is 50.0 Å². The van der Waals surface area contributed by atoms with Crippen LogP contribution in [-0.4, -0.2) is 122 Å². The van der Waals surface area contributed by atoms with Gasteiger partial charge in [0.1, 0.15) is 40.4 Å². The highest BCUT2D eigenvalue weighted by Crippen LogP contribution is 2.47. The molecule has 5 aliphatic rings. The second-order valence-electron chi connectivity index (χ2n) is 18.7. The molecule has 2 aromatic carbocycles. The summed E-state index contributed by atoms with van der Waals surface area (Å²) in [4.78, 5) is 49.7. The maximum atomic E-state index is 17.7. The first-order valence-corrected chi connectivity index (χ1v) is 23.1. The van der Waals surface area contributed by atoms with E-state index in [2.05, 4.69) is 15.7 Å². The number of carbonyl (C=O) groups is 2. The van der Waals surface area contributed by atoms with Crippen molar-refractivity contribution in [3.05, 3.63) is 47.5 Å². The van der Waals surface area contributed by atoms with Crippen LogP contribution in [0.1, 0.15) is 91.5 Å². The summed E-state index contributed by atoms with van der Waals surface area (Å²) >= 11 is 1.50. The molecule has 0 aliphatic carbocycles. The molecule has 2 amide bonds. The molecule has 2 unspecified atom stereocenters. The maximum Gasteiger partial charge on any atom is 0.410 e. The molecule has 5 saturated heterocycles. The topological polar surface area (TPSA) is 113 Å². The summed E-state index contributed by atoms with van der Waals surface area (Å²) in [6, 6.07) is 8.03. The molecule has 0 spiro atoms. The van der Waals surface area contributed by atoms with Gasteiger partial charge in [0.15, 0.2) is 11.0 Å². The predicted octanol–water partition coefficient (Wildman–Crippen LogP) is 8.80. The SMILES string of the molecule is C#Cc1c(F)ccc2cccc(-c3nc(OC(C)C)c4c(N5CC6CCC(C5)N6C(=O)OC(C)(C)C)nc(SC[C@]56CCCN5[C@@H](COC(=O)N5CCCC5)CC6)nc4c3F)c12. The quantitative estimate of drug-likeness (QED) is 0.0914. The molecule has 62 heavy (non-hydrogen) atoms. The van der Waals surface area contributed by atoms with Gasteiger partial charge in [0.2, 0.25) is 5.88 Å². The van der Waals surface area contributed by atoms with E-state index in [1.54, 1.807) is 29.2 Å². The average molecular weight is 868 g/mol. The van der Waals surface area contributed by atoms with E-state index >= 15 is 8.78 Å². The highest BCUT2D eigenvalue weighted by Gasteiger charge is 2.50. The number of ether oxygens (including phenoxy) is 3.